The number of rotatable bonds is 4. The summed E-state index contributed by atoms with van der Waals surface area (Å²) < 4.78 is 4.56. The molecular formula is C4H11NO3. The summed E-state index contributed by atoms with van der Waals surface area (Å²) >= 11 is 0. The van der Waals surface area contributed by atoms with Crippen LogP contribution < -0.4 is 5.48 Å². The van der Waals surface area contributed by atoms with Gasteiger partial charge in [-0.05, 0) is 0 Å². The van der Waals surface area contributed by atoms with Crippen LogP contribution in [-0.2, 0) is 4.74 Å². The summed E-state index contributed by atoms with van der Waals surface area (Å²) in [4.78, 5) is 0. The molecule has 0 saturated heterocycles. The molecule has 0 heterocycles. The van der Waals surface area contributed by atoms with Crippen LogP contribution in [0.5, 0.6) is 0 Å². The number of hydroxylamine groups is 1. The van der Waals surface area contributed by atoms with Crippen molar-refractivity contribution < 1.29 is 15.1 Å². The van der Waals surface area contributed by atoms with Crippen LogP contribution in [0.15, 0.2) is 0 Å². The molecule has 0 aliphatic carbocycles. The third-order valence-corrected chi connectivity index (χ3v) is 0.686. The Labute approximate surface area is 48.0 Å². The van der Waals surface area contributed by atoms with Gasteiger partial charge in [-0.3, -0.25) is 0 Å². The number of nitrogens with one attached hydrogen (secondary N) is 1. The molecule has 0 spiro atoms. The second-order valence-electron chi connectivity index (χ2n) is 1.47. The summed E-state index contributed by atoms with van der Waals surface area (Å²) in [6, 6.07) is 0. The minimum absolute atomic E-state index is 0.147. The molecule has 0 fully saturated rings. The van der Waals surface area contributed by atoms with Crippen molar-refractivity contribution >= 4 is 0 Å². The molecule has 0 radical (unpaired) electrons. The zero-order chi connectivity index (χ0) is 6.41. The molecule has 1 unspecified atom stereocenters. The van der Waals surface area contributed by atoms with Gasteiger partial charge in [0.05, 0.1) is 12.7 Å². The van der Waals surface area contributed by atoms with Gasteiger partial charge in [0.2, 0.25) is 0 Å². The van der Waals surface area contributed by atoms with Gasteiger partial charge in [0.15, 0.2) is 0 Å². The van der Waals surface area contributed by atoms with Gasteiger partial charge >= 0.3 is 0 Å². The predicted octanol–water partition coefficient (Wildman–Crippen LogP) is -1.03. The average molecular weight is 121 g/mol. The Bertz CT molecular complexity index is 44.5. The van der Waals surface area contributed by atoms with Crippen LogP contribution in [0.3, 0.4) is 0 Å². The van der Waals surface area contributed by atoms with E-state index in [1.807, 2.05) is 5.48 Å². The average Bonchev–Trinajstić information content (AvgIpc) is 1.68. The first-order valence-electron chi connectivity index (χ1n) is 2.35. The van der Waals surface area contributed by atoms with Gasteiger partial charge < -0.3 is 15.1 Å². The first-order chi connectivity index (χ1) is 3.81. The molecule has 4 nitrogen and oxygen atoms in total. The molecule has 4 heteroatoms. The fourth-order valence-corrected chi connectivity index (χ4v) is 0.357. The van der Waals surface area contributed by atoms with E-state index >= 15 is 0 Å². The molecular weight excluding hydrogens is 110 g/mol. The molecule has 0 aliphatic rings. The van der Waals surface area contributed by atoms with Gasteiger partial charge in [-0.25, -0.2) is 5.48 Å². The lowest BCUT2D eigenvalue weighted by molar-refractivity contribution is 0.0346. The van der Waals surface area contributed by atoms with Crippen LogP contribution in [0, 0.1) is 0 Å². The quantitative estimate of drug-likeness (QED) is 0.416. The number of hydrogen-bond acceptors (Lipinski definition) is 4. The second-order valence-corrected chi connectivity index (χ2v) is 1.47. The van der Waals surface area contributed by atoms with Gasteiger partial charge in [0.25, 0.3) is 0 Å². The van der Waals surface area contributed by atoms with E-state index in [0.29, 0.717) is 0 Å². The lowest BCUT2D eigenvalue weighted by atomic mass is 10.4. The van der Waals surface area contributed by atoms with Gasteiger partial charge in [-0.2, -0.15) is 0 Å². The number of aliphatic hydroxyl groups excluding tert-OH is 1. The molecule has 3 N–H and O–H groups in total. The smallest absolute Gasteiger partial charge is 0.0920 e. The van der Waals surface area contributed by atoms with E-state index in [-0.39, 0.29) is 13.2 Å². The van der Waals surface area contributed by atoms with Crippen molar-refractivity contribution in [3.63, 3.8) is 0 Å². The predicted molar refractivity (Wildman–Crippen MR) is 27.7 cm³/mol. The molecule has 0 saturated carbocycles. The van der Waals surface area contributed by atoms with Crippen LogP contribution in [0.1, 0.15) is 0 Å². The Balaban J connectivity index is 2.92. The maximum atomic E-state index is 8.70. The minimum Gasteiger partial charge on any atom is -0.389 e. The van der Waals surface area contributed by atoms with E-state index in [0.717, 1.165) is 0 Å². The summed E-state index contributed by atoms with van der Waals surface area (Å²) in [7, 11) is 1.49. The van der Waals surface area contributed by atoms with Crippen LogP contribution in [0.2, 0.25) is 0 Å². The molecule has 1 atom stereocenters. The van der Waals surface area contributed by atoms with E-state index in [4.69, 9.17) is 10.3 Å². The van der Waals surface area contributed by atoms with E-state index in [1.54, 1.807) is 0 Å². The topological polar surface area (TPSA) is 61.7 Å². The first kappa shape index (κ1) is 7.84. The van der Waals surface area contributed by atoms with Gasteiger partial charge in [-0.1, -0.05) is 0 Å². The van der Waals surface area contributed by atoms with E-state index in [2.05, 4.69) is 4.74 Å². The molecule has 0 rings (SSSR count). The van der Waals surface area contributed by atoms with Crippen molar-refractivity contribution in [2.24, 2.45) is 0 Å². The zero-order valence-electron chi connectivity index (χ0n) is 4.79. The van der Waals surface area contributed by atoms with Crippen LogP contribution in [-0.4, -0.2) is 36.7 Å². The first-order valence-corrected chi connectivity index (χ1v) is 2.35. The van der Waals surface area contributed by atoms with E-state index < -0.39 is 6.10 Å². The standard InChI is InChI=1S/C4H11NO3/c1-8-3-4(6)2-5-7/h4-7H,2-3H2,1H3. The normalized spacial score (nSPS) is 13.9. The largest absolute Gasteiger partial charge is 0.389 e. The highest BCUT2D eigenvalue weighted by Crippen LogP contribution is 1.78. The van der Waals surface area contributed by atoms with Crippen molar-refractivity contribution in [3.05, 3.63) is 0 Å². The summed E-state index contributed by atoms with van der Waals surface area (Å²) in [6.45, 7) is 0.390. The zero-order valence-corrected chi connectivity index (χ0v) is 4.79. The maximum Gasteiger partial charge on any atom is 0.0920 e. The number of methoxy groups -OCH3 is 1. The highest BCUT2D eigenvalue weighted by molar-refractivity contribution is 4.51. The lowest BCUT2D eigenvalue weighted by Gasteiger charge is -2.05. The fourth-order valence-electron chi connectivity index (χ4n) is 0.357. The Morgan fingerprint density at radius 2 is 2.38 bits per heavy atom. The Kier molecular flexibility index (Phi) is 4.89. The van der Waals surface area contributed by atoms with Crippen molar-refractivity contribution in [3.8, 4) is 0 Å². The molecule has 0 aromatic heterocycles. The summed E-state index contributed by atoms with van der Waals surface area (Å²) in [5.74, 6) is 0. The van der Waals surface area contributed by atoms with Crippen molar-refractivity contribution in [1.82, 2.24) is 5.48 Å². The Hall–Kier alpha value is -0.160. The SMILES string of the molecule is COCC(O)CNO. The van der Waals surface area contributed by atoms with Crippen LogP contribution in [0.4, 0.5) is 0 Å². The molecule has 8 heavy (non-hydrogen) atoms. The maximum absolute atomic E-state index is 8.70. The Morgan fingerprint density at radius 3 is 2.75 bits per heavy atom. The number of aliphatic hydroxyl groups is 1. The lowest BCUT2D eigenvalue weighted by Crippen LogP contribution is -2.27. The van der Waals surface area contributed by atoms with Gasteiger partial charge in [0.1, 0.15) is 0 Å². The van der Waals surface area contributed by atoms with Crippen molar-refractivity contribution in [2.45, 2.75) is 6.10 Å². The number of ether oxygens (including phenoxy) is 1. The van der Waals surface area contributed by atoms with Crippen LogP contribution in [0.25, 0.3) is 0 Å². The van der Waals surface area contributed by atoms with Gasteiger partial charge in [0, 0.05) is 13.7 Å². The van der Waals surface area contributed by atoms with Crippen LogP contribution >= 0.6 is 0 Å². The molecule has 0 aromatic carbocycles. The highest BCUT2D eigenvalue weighted by atomic mass is 16.5. The van der Waals surface area contributed by atoms with Gasteiger partial charge in [-0.15, -0.1) is 0 Å². The molecule has 0 amide bonds. The third-order valence-electron chi connectivity index (χ3n) is 0.686. The highest BCUT2D eigenvalue weighted by Gasteiger charge is 1.98. The summed E-state index contributed by atoms with van der Waals surface area (Å²) in [5, 5.41) is 16.7. The van der Waals surface area contributed by atoms with Crippen molar-refractivity contribution in [1.29, 1.82) is 0 Å². The summed E-state index contributed by atoms with van der Waals surface area (Å²) in [6.07, 6.45) is -0.620. The Morgan fingerprint density at radius 1 is 1.75 bits per heavy atom. The van der Waals surface area contributed by atoms with Crippen molar-refractivity contribution in [2.75, 3.05) is 20.3 Å². The van der Waals surface area contributed by atoms with E-state index in [9.17, 15) is 0 Å². The molecule has 50 valence electrons. The molecule has 0 aromatic rings. The fraction of sp³-hybridized carbons (Fsp3) is 1.00. The third kappa shape index (κ3) is 4.01. The van der Waals surface area contributed by atoms with E-state index in [1.165, 1.54) is 7.11 Å². The number of hydrogen-bond donors (Lipinski definition) is 3. The molecule has 0 aliphatic heterocycles. The second kappa shape index (κ2) is 4.99. The molecule has 0 bridgehead atoms. The minimum atomic E-state index is -0.620. The summed E-state index contributed by atoms with van der Waals surface area (Å²) in [5.41, 5.74) is 1.82. The monoisotopic (exact) mass is 121 g/mol.